The lowest BCUT2D eigenvalue weighted by atomic mass is 10.0. The van der Waals surface area contributed by atoms with Crippen LogP contribution in [0.5, 0.6) is 5.75 Å². The number of carbonyl (C=O) groups is 1. The third-order valence-corrected chi connectivity index (χ3v) is 4.47. The van der Waals surface area contributed by atoms with Gasteiger partial charge in [0.25, 0.3) is 0 Å². The summed E-state index contributed by atoms with van der Waals surface area (Å²) in [4.78, 5) is 15.0. The fourth-order valence-electron chi connectivity index (χ4n) is 2.91. The summed E-state index contributed by atoms with van der Waals surface area (Å²) < 4.78 is 5.90. The second-order valence-electron chi connectivity index (χ2n) is 6.28. The molecule has 2 aromatic carbocycles. The molecule has 2 rings (SSSR count). The Morgan fingerprint density at radius 3 is 2.52 bits per heavy atom. The molecule has 0 aromatic heterocycles. The van der Waals surface area contributed by atoms with Crippen LogP contribution in [-0.2, 0) is 6.42 Å². The normalized spacial score (nSPS) is 10.9. The highest BCUT2D eigenvalue weighted by Gasteiger charge is 2.12. The van der Waals surface area contributed by atoms with Crippen molar-refractivity contribution in [2.75, 3.05) is 26.2 Å². The van der Waals surface area contributed by atoms with Gasteiger partial charge in [0, 0.05) is 13.0 Å². The van der Waals surface area contributed by atoms with Crippen LogP contribution in [0.1, 0.15) is 41.8 Å². The van der Waals surface area contributed by atoms with E-state index in [1.807, 2.05) is 30.3 Å². The SMILES string of the molecule is CCN(CC)CCOc1ccccc1C(=O)CCc1cccc(C)c1. The van der Waals surface area contributed by atoms with Crippen LogP contribution in [-0.4, -0.2) is 36.9 Å². The summed E-state index contributed by atoms with van der Waals surface area (Å²) >= 11 is 0. The summed E-state index contributed by atoms with van der Waals surface area (Å²) in [5.74, 6) is 0.837. The Labute approximate surface area is 151 Å². The van der Waals surface area contributed by atoms with E-state index in [4.69, 9.17) is 4.74 Å². The third-order valence-electron chi connectivity index (χ3n) is 4.47. The highest BCUT2D eigenvalue weighted by molar-refractivity contribution is 5.98. The molecule has 0 fully saturated rings. The van der Waals surface area contributed by atoms with E-state index >= 15 is 0 Å². The van der Waals surface area contributed by atoms with Crippen molar-refractivity contribution in [3.05, 3.63) is 65.2 Å². The number of para-hydroxylation sites is 1. The molecule has 0 saturated carbocycles. The maximum absolute atomic E-state index is 12.6. The molecule has 0 heterocycles. The fourth-order valence-corrected chi connectivity index (χ4v) is 2.91. The van der Waals surface area contributed by atoms with Crippen molar-refractivity contribution < 1.29 is 9.53 Å². The lowest BCUT2D eigenvalue weighted by Crippen LogP contribution is -2.28. The number of benzene rings is 2. The maximum Gasteiger partial charge on any atom is 0.166 e. The van der Waals surface area contributed by atoms with Crippen LogP contribution in [0.3, 0.4) is 0 Å². The molecule has 3 heteroatoms. The molecular formula is C22H29NO2. The minimum Gasteiger partial charge on any atom is -0.491 e. The topological polar surface area (TPSA) is 29.5 Å². The van der Waals surface area contributed by atoms with Crippen LogP contribution in [0.2, 0.25) is 0 Å². The van der Waals surface area contributed by atoms with Gasteiger partial charge in [-0.3, -0.25) is 4.79 Å². The monoisotopic (exact) mass is 339 g/mol. The summed E-state index contributed by atoms with van der Waals surface area (Å²) in [7, 11) is 0. The van der Waals surface area contributed by atoms with Gasteiger partial charge < -0.3 is 9.64 Å². The quantitative estimate of drug-likeness (QED) is 0.596. The number of Topliss-reactive ketones (excluding diaryl/α,β-unsaturated/α-hetero) is 1. The van der Waals surface area contributed by atoms with Gasteiger partial charge in [-0.2, -0.15) is 0 Å². The molecule has 0 bridgehead atoms. The molecule has 0 radical (unpaired) electrons. The maximum atomic E-state index is 12.6. The van der Waals surface area contributed by atoms with Gasteiger partial charge in [0.2, 0.25) is 0 Å². The number of likely N-dealkylation sites (N-methyl/N-ethyl adjacent to an activating group) is 1. The first-order valence-electron chi connectivity index (χ1n) is 9.17. The van der Waals surface area contributed by atoms with Crippen molar-refractivity contribution in [2.45, 2.75) is 33.6 Å². The molecule has 25 heavy (non-hydrogen) atoms. The van der Waals surface area contributed by atoms with E-state index in [0.29, 0.717) is 24.3 Å². The number of rotatable bonds is 10. The average molecular weight is 339 g/mol. The number of nitrogens with zero attached hydrogens (tertiary/aromatic N) is 1. The summed E-state index contributed by atoms with van der Waals surface area (Å²) in [6.45, 7) is 9.86. The largest absolute Gasteiger partial charge is 0.491 e. The molecule has 0 N–H and O–H groups in total. The Hall–Kier alpha value is -2.13. The Kier molecular flexibility index (Phi) is 7.68. The molecule has 0 saturated heterocycles. The minimum atomic E-state index is 0.139. The zero-order chi connectivity index (χ0) is 18.1. The first kappa shape index (κ1) is 19.2. The van der Waals surface area contributed by atoms with E-state index in [-0.39, 0.29) is 5.78 Å². The van der Waals surface area contributed by atoms with Crippen molar-refractivity contribution in [1.82, 2.24) is 4.90 Å². The van der Waals surface area contributed by atoms with Crippen molar-refractivity contribution in [2.24, 2.45) is 0 Å². The highest BCUT2D eigenvalue weighted by Crippen LogP contribution is 2.21. The van der Waals surface area contributed by atoms with Gasteiger partial charge in [-0.05, 0) is 44.1 Å². The number of ether oxygens (including phenoxy) is 1. The molecule has 0 spiro atoms. The second-order valence-corrected chi connectivity index (χ2v) is 6.28. The number of hydrogen-bond acceptors (Lipinski definition) is 3. The number of hydrogen-bond donors (Lipinski definition) is 0. The first-order valence-corrected chi connectivity index (χ1v) is 9.17. The van der Waals surface area contributed by atoms with E-state index in [1.165, 1.54) is 11.1 Å². The average Bonchev–Trinajstić information content (AvgIpc) is 2.64. The lowest BCUT2D eigenvalue weighted by Gasteiger charge is -2.18. The van der Waals surface area contributed by atoms with Gasteiger partial charge in [-0.1, -0.05) is 55.8 Å². The zero-order valence-corrected chi connectivity index (χ0v) is 15.6. The van der Waals surface area contributed by atoms with Crippen LogP contribution < -0.4 is 4.74 Å². The van der Waals surface area contributed by atoms with Crippen LogP contribution >= 0.6 is 0 Å². The molecule has 0 aliphatic carbocycles. The highest BCUT2D eigenvalue weighted by atomic mass is 16.5. The number of ketones is 1. The van der Waals surface area contributed by atoms with Crippen LogP contribution in [0.25, 0.3) is 0 Å². The van der Waals surface area contributed by atoms with E-state index in [1.54, 1.807) is 0 Å². The molecule has 3 nitrogen and oxygen atoms in total. The molecule has 0 unspecified atom stereocenters. The molecule has 0 aliphatic rings. The number of carbonyl (C=O) groups excluding carboxylic acids is 1. The fraction of sp³-hybridized carbons (Fsp3) is 0.409. The van der Waals surface area contributed by atoms with Gasteiger partial charge in [0.15, 0.2) is 5.78 Å². The Balaban J connectivity index is 1.95. The number of aryl methyl sites for hydroxylation is 2. The van der Waals surface area contributed by atoms with Gasteiger partial charge >= 0.3 is 0 Å². The smallest absolute Gasteiger partial charge is 0.166 e. The van der Waals surface area contributed by atoms with Crippen molar-refractivity contribution in [3.8, 4) is 5.75 Å². The van der Waals surface area contributed by atoms with Crippen molar-refractivity contribution in [3.63, 3.8) is 0 Å². The van der Waals surface area contributed by atoms with Crippen LogP contribution in [0, 0.1) is 6.92 Å². The van der Waals surface area contributed by atoms with E-state index < -0.39 is 0 Å². The molecule has 2 aromatic rings. The van der Waals surface area contributed by atoms with Crippen molar-refractivity contribution in [1.29, 1.82) is 0 Å². The Morgan fingerprint density at radius 2 is 1.80 bits per heavy atom. The molecular weight excluding hydrogens is 310 g/mol. The first-order chi connectivity index (χ1) is 12.1. The van der Waals surface area contributed by atoms with E-state index in [2.05, 4.69) is 43.9 Å². The molecule has 0 amide bonds. The van der Waals surface area contributed by atoms with Gasteiger partial charge in [0.05, 0.1) is 5.56 Å². The molecule has 0 atom stereocenters. The minimum absolute atomic E-state index is 0.139. The molecule has 134 valence electrons. The lowest BCUT2D eigenvalue weighted by molar-refractivity contribution is 0.0978. The second kappa shape index (κ2) is 10.00. The van der Waals surface area contributed by atoms with Crippen molar-refractivity contribution >= 4 is 5.78 Å². The molecule has 0 aliphatic heterocycles. The van der Waals surface area contributed by atoms with E-state index in [9.17, 15) is 4.79 Å². The summed E-state index contributed by atoms with van der Waals surface area (Å²) in [6.07, 6.45) is 1.26. The predicted molar refractivity (Wildman–Crippen MR) is 104 cm³/mol. The van der Waals surface area contributed by atoms with Gasteiger partial charge in [-0.15, -0.1) is 0 Å². The van der Waals surface area contributed by atoms with Crippen LogP contribution in [0.4, 0.5) is 0 Å². The zero-order valence-electron chi connectivity index (χ0n) is 15.6. The van der Waals surface area contributed by atoms with Gasteiger partial charge in [-0.25, -0.2) is 0 Å². The summed E-state index contributed by atoms with van der Waals surface area (Å²) in [5.41, 5.74) is 3.12. The third kappa shape index (κ3) is 6.02. The van der Waals surface area contributed by atoms with Gasteiger partial charge in [0.1, 0.15) is 12.4 Å². The summed E-state index contributed by atoms with van der Waals surface area (Å²) in [6, 6.07) is 15.9. The Bertz CT molecular complexity index is 677. The van der Waals surface area contributed by atoms with E-state index in [0.717, 1.165) is 26.1 Å². The predicted octanol–water partition coefficient (Wildman–Crippen LogP) is 4.53. The van der Waals surface area contributed by atoms with Crippen LogP contribution in [0.15, 0.2) is 48.5 Å². The summed E-state index contributed by atoms with van der Waals surface area (Å²) in [5, 5.41) is 0. The Morgan fingerprint density at radius 1 is 1.04 bits per heavy atom. The standard InChI is InChI=1S/C22H29NO2/c1-4-23(5-2)15-16-25-22-12-7-6-11-20(22)21(24)14-13-19-10-8-9-18(3)17-19/h6-12,17H,4-5,13-16H2,1-3H3.